The number of aryl methyl sites for hydroxylation is 1. The molecular weight excluding hydrogens is 504 g/mol. The molecule has 0 radical (unpaired) electrons. The van der Waals surface area contributed by atoms with Gasteiger partial charge in [0.1, 0.15) is 6.33 Å². The average molecular weight is 533 g/mol. The molecule has 0 atom stereocenters. The number of halogens is 1. The largest absolute Gasteiger partial charge is 0.454 e. The Morgan fingerprint density at radius 2 is 1.94 bits per heavy atom. The van der Waals surface area contributed by atoms with E-state index < -0.39 is 0 Å². The van der Waals surface area contributed by atoms with Crippen LogP contribution in [0.4, 0.5) is 5.82 Å². The maximum absolute atomic E-state index is 6.14. The van der Waals surface area contributed by atoms with Gasteiger partial charge >= 0.3 is 0 Å². The third kappa shape index (κ3) is 4.93. The molecule has 1 fully saturated rings. The van der Waals surface area contributed by atoms with Crippen molar-refractivity contribution in [2.24, 2.45) is 11.8 Å². The lowest BCUT2D eigenvalue weighted by molar-refractivity contribution is 0.160. The van der Waals surface area contributed by atoms with E-state index in [1.165, 1.54) is 38.8 Å². The van der Waals surface area contributed by atoms with E-state index in [4.69, 9.17) is 20.2 Å². The second-order valence-corrected chi connectivity index (χ2v) is 11.0. The first-order valence-electron chi connectivity index (χ1n) is 11.4. The van der Waals surface area contributed by atoms with Gasteiger partial charge in [0.25, 0.3) is 0 Å². The van der Waals surface area contributed by atoms with Gasteiger partial charge in [-0.05, 0) is 72.3 Å². The third-order valence-electron chi connectivity index (χ3n) is 6.25. The number of imidazole rings is 1. The van der Waals surface area contributed by atoms with Crippen LogP contribution in [0.3, 0.4) is 0 Å². The number of fused-ring (bicyclic) bond motifs is 2. The van der Waals surface area contributed by atoms with Crippen LogP contribution in [0, 0.1) is 11.8 Å². The molecule has 0 saturated carbocycles. The fraction of sp³-hybridized carbons (Fsp3) is 0.522. The highest BCUT2D eigenvalue weighted by atomic mass is 79.9. The van der Waals surface area contributed by atoms with Crippen LogP contribution in [-0.2, 0) is 6.54 Å². The number of hydrogen-bond donors (Lipinski definition) is 1. The molecule has 2 aromatic heterocycles. The Bertz CT molecular complexity index is 1150. The fourth-order valence-electron chi connectivity index (χ4n) is 4.57. The van der Waals surface area contributed by atoms with E-state index in [1.807, 2.05) is 12.1 Å². The second-order valence-electron chi connectivity index (χ2n) is 9.14. The lowest BCUT2D eigenvalue weighted by atomic mass is 9.93. The van der Waals surface area contributed by atoms with Crippen molar-refractivity contribution in [3.05, 3.63) is 22.9 Å². The van der Waals surface area contributed by atoms with Gasteiger partial charge in [0.05, 0.1) is 0 Å². The third-order valence-corrected chi connectivity index (χ3v) is 8.22. The molecule has 8 nitrogen and oxygen atoms in total. The van der Waals surface area contributed by atoms with Crippen molar-refractivity contribution < 1.29 is 9.47 Å². The summed E-state index contributed by atoms with van der Waals surface area (Å²) in [5.74, 6) is 3.33. The predicted molar refractivity (Wildman–Crippen MR) is 133 cm³/mol. The number of aromatic nitrogens is 4. The summed E-state index contributed by atoms with van der Waals surface area (Å²) in [5.41, 5.74) is 7.59. The Balaban J connectivity index is 1.36. The minimum absolute atomic E-state index is 0.247. The van der Waals surface area contributed by atoms with Crippen LogP contribution in [0.1, 0.15) is 33.1 Å². The molecule has 2 N–H and O–H groups in total. The van der Waals surface area contributed by atoms with E-state index in [9.17, 15) is 0 Å². The van der Waals surface area contributed by atoms with Crippen molar-refractivity contribution in [2.75, 3.05) is 32.2 Å². The van der Waals surface area contributed by atoms with E-state index in [0.29, 0.717) is 17.3 Å². The summed E-state index contributed by atoms with van der Waals surface area (Å²) in [5, 5.41) is 0.856. The summed E-state index contributed by atoms with van der Waals surface area (Å²) in [6.07, 6.45) is 5.10. The number of benzene rings is 1. The summed E-state index contributed by atoms with van der Waals surface area (Å²) in [6.45, 7) is 9.26. The number of nitrogens with zero attached hydrogens (tertiary/aromatic N) is 5. The van der Waals surface area contributed by atoms with Gasteiger partial charge in [-0.15, -0.1) is 0 Å². The van der Waals surface area contributed by atoms with Crippen molar-refractivity contribution in [3.8, 4) is 11.5 Å². The van der Waals surface area contributed by atoms with Gasteiger partial charge < -0.3 is 24.7 Å². The summed E-state index contributed by atoms with van der Waals surface area (Å²) >= 11 is 5.24. The van der Waals surface area contributed by atoms with E-state index >= 15 is 0 Å². The standard InChI is InChI=1S/C23H29BrN6O2S/c1-14(2)11-29-6-3-15(4-7-29)5-8-30-22-20(21(25)26-12-27-22)28-23(30)33-19-10-18-17(9-16(19)24)31-13-32-18/h9-10,12,14-15H,3-8,11,13H2,1-2H3,(H2,25,26,27). The SMILES string of the molecule is CC(C)CN1CCC(CCn2c(Sc3cc4c(cc3Br)OCO4)nc3c(N)ncnc32)CC1. The Kier molecular flexibility index (Phi) is 6.67. The molecule has 1 saturated heterocycles. The van der Waals surface area contributed by atoms with Crippen LogP contribution >= 0.6 is 27.7 Å². The number of hydrogen-bond acceptors (Lipinski definition) is 8. The first-order chi connectivity index (χ1) is 16.0. The molecule has 3 aromatic rings. The van der Waals surface area contributed by atoms with Gasteiger partial charge in [0.2, 0.25) is 6.79 Å². The van der Waals surface area contributed by atoms with Gasteiger partial charge in [0.15, 0.2) is 33.6 Å². The molecule has 10 heteroatoms. The molecule has 2 aliphatic rings. The van der Waals surface area contributed by atoms with Crippen LogP contribution in [0.5, 0.6) is 11.5 Å². The van der Waals surface area contributed by atoms with Gasteiger partial charge in [0, 0.05) is 22.5 Å². The first kappa shape index (κ1) is 22.7. The Morgan fingerprint density at radius 1 is 1.18 bits per heavy atom. The highest BCUT2D eigenvalue weighted by molar-refractivity contribution is 9.10. The molecule has 176 valence electrons. The normalized spacial score (nSPS) is 16.8. The van der Waals surface area contributed by atoms with Crippen molar-refractivity contribution in [1.82, 2.24) is 24.4 Å². The quantitative estimate of drug-likeness (QED) is 0.463. The van der Waals surface area contributed by atoms with E-state index in [1.54, 1.807) is 11.8 Å². The van der Waals surface area contributed by atoms with Gasteiger partial charge in [-0.3, -0.25) is 0 Å². The topological polar surface area (TPSA) is 91.3 Å². The lowest BCUT2D eigenvalue weighted by Crippen LogP contribution is -2.36. The maximum atomic E-state index is 6.14. The van der Waals surface area contributed by atoms with Gasteiger partial charge in [-0.1, -0.05) is 25.6 Å². The van der Waals surface area contributed by atoms with E-state index in [-0.39, 0.29) is 6.79 Å². The Hall–Kier alpha value is -2.04. The predicted octanol–water partition coefficient (Wildman–Crippen LogP) is 4.81. The summed E-state index contributed by atoms with van der Waals surface area (Å²) < 4.78 is 14.2. The minimum Gasteiger partial charge on any atom is -0.454 e. The van der Waals surface area contributed by atoms with Gasteiger partial charge in [-0.25, -0.2) is 15.0 Å². The molecule has 0 aliphatic carbocycles. The molecule has 0 amide bonds. The summed E-state index contributed by atoms with van der Waals surface area (Å²) in [7, 11) is 0. The average Bonchev–Trinajstić information content (AvgIpc) is 3.38. The number of anilines is 1. The smallest absolute Gasteiger partial charge is 0.231 e. The zero-order valence-corrected chi connectivity index (χ0v) is 21.4. The summed E-state index contributed by atoms with van der Waals surface area (Å²) in [4.78, 5) is 17.1. The Morgan fingerprint density at radius 3 is 2.70 bits per heavy atom. The van der Waals surface area contributed by atoms with Crippen LogP contribution in [0.25, 0.3) is 11.2 Å². The van der Waals surface area contributed by atoms with E-state index in [0.717, 1.165) is 50.6 Å². The van der Waals surface area contributed by atoms with E-state index in [2.05, 4.69) is 49.2 Å². The first-order valence-corrected chi connectivity index (χ1v) is 13.0. The highest BCUT2D eigenvalue weighted by Gasteiger charge is 2.23. The second kappa shape index (κ2) is 9.68. The fourth-order valence-corrected chi connectivity index (χ4v) is 6.08. The van der Waals surface area contributed by atoms with Crippen molar-refractivity contribution in [1.29, 1.82) is 0 Å². The molecule has 0 spiro atoms. The van der Waals surface area contributed by atoms with Crippen molar-refractivity contribution >= 4 is 44.7 Å². The number of nitrogen functional groups attached to an aromatic ring is 1. The van der Waals surface area contributed by atoms with Crippen LogP contribution in [0.15, 0.2) is 33.0 Å². The molecule has 5 rings (SSSR count). The molecule has 33 heavy (non-hydrogen) atoms. The lowest BCUT2D eigenvalue weighted by Gasteiger charge is -2.33. The minimum atomic E-state index is 0.247. The zero-order valence-electron chi connectivity index (χ0n) is 19.0. The molecule has 0 unspecified atom stereocenters. The number of piperidine rings is 1. The number of ether oxygens (including phenoxy) is 2. The molecule has 1 aromatic carbocycles. The number of nitrogens with two attached hydrogens (primary N) is 1. The molecule has 0 bridgehead atoms. The maximum Gasteiger partial charge on any atom is 0.231 e. The van der Waals surface area contributed by atoms with Crippen LogP contribution < -0.4 is 15.2 Å². The molecular formula is C23H29BrN6O2S. The molecule has 2 aliphatic heterocycles. The Labute approximate surface area is 206 Å². The zero-order chi connectivity index (χ0) is 22.9. The van der Waals surface area contributed by atoms with Crippen molar-refractivity contribution in [3.63, 3.8) is 0 Å². The monoisotopic (exact) mass is 532 g/mol. The molecule has 4 heterocycles. The number of likely N-dealkylation sites (tertiary alicyclic amines) is 1. The van der Waals surface area contributed by atoms with Gasteiger partial charge in [-0.2, -0.15) is 0 Å². The van der Waals surface area contributed by atoms with Crippen molar-refractivity contribution in [2.45, 2.75) is 49.7 Å². The summed E-state index contributed by atoms with van der Waals surface area (Å²) in [6, 6.07) is 3.93. The number of rotatable bonds is 7. The van der Waals surface area contributed by atoms with Crippen LogP contribution in [-0.4, -0.2) is 50.8 Å². The van der Waals surface area contributed by atoms with Crippen LogP contribution in [0.2, 0.25) is 0 Å². The highest BCUT2D eigenvalue weighted by Crippen LogP contribution is 2.43.